The molecule has 1 aliphatic rings. The van der Waals surface area contributed by atoms with Crippen molar-refractivity contribution in [3.63, 3.8) is 0 Å². The molecule has 1 aliphatic heterocycles. The second-order valence-corrected chi connectivity index (χ2v) is 9.00. The minimum absolute atomic E-state index is 0.00471. The first-order valence-corrected chi connectivity index (χ1v) is 10.6. The Labute approximate surface area is 186 Å². The monoisotopic (exact) mass is 439 g/mol. The zero-order valence-corrected chi connectivity index (χ0v) is 19.3. The SMILES string of the molecule is Cc1ncc(C)n2nc(C=Cc3nc(N4CCC(NC(=O)OC(C)(C)C)C4)nn3C)nc12. The first-order chi connectivity index (χ1) is 15.1. The number of carbonyl (C=O) groups is 1. The summed E-state index contributed by atoms with van der Waals surface area (Å²) in [6, 6.07) is -0.00471. The van der Waals surface area contributed by atoms with Gasteiger partial charge in [-0.3, -0.25) is 4.98 Å². The standard InChI is InChI=1S/C21H29N9O2/c1-13-11-22-14(2)18-24-16(26-30(13)18)7-8-17-25-19(27-28(17)6)29-10-9-15(12-29)23-20(31)32-21(3,4)5/h7-8,11,15H,9-10,12H2,1-6H3,(H,23,31). The van der Waals surface area contributed by atoms with E-state index in [4.69, 9.17) is 4.74 Å². The van der Waals surface area contributed by atoms with Crippen LogP contribution in [0.5, 0.6) is 0 Å². The first-order valence-electron chi connectivity index (χ1n) is 10.6. The molecule has 0 saturated carbocycles. The minimum Gasteiger partial charge on any atom is -0.444 e. The summed E-state index contributed by atoms with van der Waals surface area (Å²) >= 11 is 0. The van der Waals surface area contributed by atoms with Crippen LogP contribution in [0.15, 0.2) is 6.20 Å². The van der Waals surface area contributed by atoms with Crippen LogP contribution in [0.1, 0.15) is 50.2 Å². The molecule has 11 heteroatoms. The maximum atomic E-state index is 12.0. The molecule has 11 nitrogen and oxygen atoms in total. The van der Waals surface area contributed by atoms with Gasteiger partial charge in [0.2, 0.25) is 5.95 Å². The summed E-state index contributed by atoms with van der Waals surface area (Å²) in [4.78, 5) is 27.6. The van der Waals surface area contributed by atoms with Crippen molar-refractivity contribution < 1.29 is 9.53 Å². The van der Waals surface area contributed by atoms with Gasteiger partial charge in [0.15, 0.2) is 17.3 Å². The van der Waals surface area contributed by atoms with Crippen molar-refractivity contribution in [3.05, 3.63) is 29.2 Å². The van der Waals surface area contributed by atoms with Crippen LogP contribution in [0.4, 0.5) is 10.7 Å². The number of nitrogens with one attached hydrogen (secondary N) is 1. The Hall–Kier alpha value is -3.50. The molecule has 1 atom stereocenters. The minimum atomic E-state index is -0.518. The molecule has 3 aromatic heterocycles. The molecule has 32 heavy (non-hydrogen) atoms. The molecule has 170 valence electrons. The quantitative estimate of drug-likeness (QED) is 0.657. The number of alkyl carbamates (subject to hydrolysis) is 1. The number of rotatable bonds is 4. The summed E-state index contributed by atoms with van der Waals surface area (Å²) in [7, 11) is 1.85. The molecular formula is C21H29N9O2. The second-order valence-electron chi connectivity index (χ2n) is 9.00. The molecule has 0 spiro atoms. The third-order valence-electron chi connectivity index (χ3n) is 5.09. The summed E-state index contributed by atoms with van der Waals surface area (Å²) < 4.78 is 8.84. The van der Waals surface area contributed by atoms with Crippen LogP contribution in [-0.2, 0) is 11.8 Å². The molecule has 4 rings (SSSR count). The van der Waals surface area contributed by atoms with E-state index in [0.29, 0.717) is 24.1 Å². The Kier molecular flexibility index (Phi) is 5.57. The summed E-state index contributed by atoms with van der Waals surface area (Å²) in [5.74, 6) is 1.89. The van der Waals surface area contributed by atoms with Crippen LogP contribution in [0.3, 0.4) is 0 Å². The molecule has 1 unspecified atom stereocenters. The number of nitrogens with zero attached hydrogens (tertiary/aromatic N) is 8. The van der Waals surface area contributed by atoms with Gasteiger partial charge in [-0.05, 0) is 53.2 Å². The Morgan fingerprint density at radius 2 is 2.00 bits per heavy atom. The lowest BCUT2D eigenvalue weighted by Gasteiger charge is -2.21. The van der Waals surface area contributed by atoms with Crippen molar-refractivity contribution in [1.82, 2.24) is 39.7 Å². The molecular weight excluding hydrogens is 410 g/mol. The van der Waals surface area contributed by atoms with Crippen molar-refractivity contribution >= 4 is 29.8 Å². The van der Waals surface area contributed by atoms with Gasteiger partial charge in [-0.1, -0.05) is 0 Å². The van der Waals surface area contributed by atoms with Crippen LogP contribution in [0.25, 0.3) is 17.8 Å². The van der Waals surface area contributed by atoms with Gasteiger partial charge >= 0.3 is 6.09 Å². The van der Waals surface area contributed by atoms with Gasteiger partial charge in [0.25, 0.3) is 0 Å². The van der Waals surface area contributed by atoms with Crippen molar-refractivity contribution in [3.8, 4) is 0 Å². The smallest absolute Gasteiger partial charge is 0.407 e. The highest BCUT2D eigenvalue weighted by Crippen LogP contribution is 2.18. The molecule has 1 N–H and O–H groups in total. The van der Waals surface area contributed by atoms with Crippen molar-refractivity contribution in [2.45, 2.75) is 52.7 Å². The number of amides is 1. The summed E-state index contributed by atoms with van der Waals surface area (Å²) in [5.41, 5.74) is 1.97. The van der Waals surface area contributed by atoms with Gasteiger partial charge in [-0.15, -0.1) is 10.2 Å². The highest BCUT2D eigenvalue weighted by atomic mass is 16.6. The van der Waals surface area contributed by atoms with E-state index in [1.165, 1.54) is 0 Å². The molecule has 0 aliphatic carbocycles. The van der Waals surface area contributed by atoms with E-state index in [1.807, 2.05) is 53.8 Å². The molecule has 1 fully saturated rings. The lowest BCUT2D eigenvalue weighted by molar-refractivity contribution is 0.0509. The molecule has 3 aromatic rings. The lowest BCUT2D eigenvalue weighted by atomic mass is 10.2. The zero-order chi connectivity index (χ0) is 23.0. The van der Waals surface area contributed by atoms with Gasteiger partial charge in [0.1, 0.15) is 5.60 Å². The van der Waals surface area contributed by atoms with E-state index in [-0.39, 0.29) is 6.04 Å². The normalized spacial score (nSPS) is 16.9. The van der Waals surface area contributed by atoms with Crippen LogP contribution >= 0.6 is 0 Å². The summed E-state index contributed by atoms with van der Waals surface area (Å²) in [6.07, 6.45) is 5.84. The fraction of sp³-hybridized carbons (Fsp3) is 0.524. The van der Waals surface area contributed by atoms with E-state index in [2.05, 4.69) is 35.4 Å². The van der Waals surface area contributed by atoms with Gasteiger partial charge in [0.05, 0.1) is 17.4 Å². The predicted molar refractivity (Wildman–Crippen MR) is 120 cm³/mol. The molecule has 0 radical (unpaired) electrons. The highest BCUT2D eigenvalue weighted by Gasteiger charge is 2.28. The predicted octanol–water partition coefficient (Wildman–Crippen LogP) is 2.14. The molecule has 1 saturated heterocycles. The second kappa shape index (κ2) is 8.21. The zero-order valence-electron chi connectivity index (χ0n) is 19.3. The van der Waals surface area contributed by atoms with Crippen LogP contribution < -0.4 is 10.2 Å². The number of fused-ring (bicyclic) bond motifs is 1. The molecule has 4 heterocycles. The third kappa shape index (κ3) is 4.71. The van der Waals surface area contributed by atoms with Crippen molar-refractivity contribution in [2.24, 2.45) is 7.05 Å². The number of aromatic nitrogens is 7. The van der Waals surface area contributed by atoms with E-state index in [1.54, 1.807) is 15.4 Å². The number of hydrogen-bond acceptors (Lipinski definition) is 8. The van der Waals surface area contributed by atoms with Crippen molar-refractivity contribution in [1.29, 1.82) is 0 Å². The summed E-state index contributed by atoms with van der Waals surface area (Å²) in [6.45, 7) is 10.8. The van der Waals surface area contributed by atoms with E-state index in [0.717, 1.165) is 30.0 Å². The van der Waals surface area contributed by atoms with Crippen LogP contribution in [0.2, 0.25) is 0 Å². The molecule has 1 amide bonds. The van der Waals surface area contributed by atoms with Gasteiger partial charge in [0, 0.05) is 26.3 Å². The lowest BCUT2D eigenvalue weighted by Crippen LogP contribution is -2.40. The van der Waals surface area contributed by atoms with Crippen LogP contribution in [0, 0.1) is 13.8 Å². The van der Waals surface area contributed by atoms with E-state index < -0.39 is 11.7 Å². The fourth-order valence-electron chi connectivity index (χ4n) is 3.53. The van der Waals surface area contributed by atoms with Gasteiger partial charge in [-0.25, -0.2) is 19.0 Å². The number of ether oxygens (including phenoxy) is 1. The van der Waals surface area contributed by atoms with Crippen LogP contribution in [-0.4, -0.2) is 65.2 Å². The molecule has 0 bridgehead atoms. The van der Waals surface area contributed by atoms with Gasteiger partial charge in [-0.2, -0.15) is 4.98 Å². The Morgan fingerprint density at radius 3 is 2.72 bits per heavy atom. The maximum Gasteiger partial charge on any atom is 0.407 e. The van der Waals surface area contributed by atoms with Crippen molar-refractivity contribution in [2.75, 3.05) is 18.0 Å². The Balaban J connectivity index is 1.43. The average molecular weight is 440 g/mol. The largest absolute Gasteiger partial charge is 0.444 e. The molecule has 0 aromatic carbocycles. The number of anilines is 1. The Bertz CT molecular complexity index is 1130. The average Bonchev–Trinajstić information content (AvgIpc) is 3.40. The topological polar surface area (TPSA) is 115 Å². The Morgan fingerprint density at radius 1 is 1.22 bits per heavy atom. The number of hydrogen-bond donors (Lipinski definition) is 1. The fourth-order valence-corrected chi connectivity index (χ4v) is 3.53. The number of carbonyl (C=O) groups excluding carboxylic acids is 1. The third-order valence-corrected chi connectivity index (χ3v) is 5.09. The first kappa shape index (κ1) is 21.7. The number of aryl methyl sites for hydroxylation is 3. The highest BCUT2D eigenvalue weighted by molar-refractivity contribution is 5.68. The summed E-state index contributed by atoms with van der Waals surface area (Å²) in [5, 5.41) is 12.0. The maximum absolute atomic E-state index is 12.0. The van der Waals surface area contributed by atoms with E-state index in [9.17, 15) is 4.79 Å². The van der Waals surface area contributed by atoms with E-state index >= 15 is 0 Å². The van der Waals surface area contributed by atoms with Gasteiger partial charge < -0.3 is 15.0 Å².